The predicted molar refractivity (Wildman–Crippen MR) is 86.7 cm³/mol. The first kappa shape index (κ1) is 15.6. The highest BCUT2D eigenvalue weighted by Gasteiger charge is 2.10. The van der Waals surface area contributed by atoms with Crippen LogP contribution in [0, 0.1) is 11.3 Å². The third-order valence-corrected chi connectivity index (χ3v) is 3.09. The average Bonchev–Trinajstić information content (AvgIpc) is 2.52. The topological polar surface area (TPSA) is 62.1 Å². The molecular formula is C17H13ClN2O2. The Balaban J connectivity index is 2.21. The van der Waals surface area contributed by atoms with E-state index in [4.69, 9.17) is 16.3 Å². The van der Waals surface area contributed by atoms with Gasteiger partial charge in [0.1, 0.15) is 17.4 Å². The van der Waals surface area contributed by atoms with Gasteiger partial charge in [-0.05, 0) is 42.0 Å². The van der Waals surface area contributed by atoms with Crippen molar-refractivity contribution in [3.8, 4) is 11.8 Å². The Morgan fingerprint density at radius 3 is 2.73 bits per heavy atom. The number of amides is 1. The normalized spacial score (nSPS) is 10.7. The Hall–Kier alpha value is -2.77. The van der Waals surface area contributed by atoms with E-state index in [2.05, 4.69) is 5.32 Å². The predicted octanol–water partition coefficient (Wildman–Crippen LogP) is 3.89. The van der Waals surface area contributed by atoms with Crippen LogP contribution < -0.4 is 10.1 Å². The van der Waals surface area contributed by atoms with Crippen LogP contribution in [0.5, 0.6) is 5.75 Å². The molecular weight excluding hydrogens is 300 g/mol. The van der Waals surface area contributed by atoms with E-state index in [9.17, 15) is 10.1 Å². The molecule has 0 heterocycles. The number of benzene rings is 2. The molecule has 0 aliphatic rings. The lowest BCUT2D eigenvalue weighted by Gasteiger charge is -2.05. The highest BCUT2D eigenvalue weighted by atomic mass is 35.5. The summed E-state index contributed by atoms with van der Waals surface area (Å²) in [6, 6.07) is 15.7. The average molecular weight is 313 g/mol. The van der Waals surface area contributed by atoms with Crippen molar-refractivity contribution in [3.63, 3.8) is 0 Å². The fourth-order valence-electron chi connectivity index (χ4n) is 1.81. The second-order valence-corrected chi connectivity index (χ2v) is 4.85. The SMILES string of the molecule is COc1cccc(/C=C(\C#N)C(=O)Nc2cccc(Cl)c2)c1. The van der Waals surface area contributed by atoms with E-state index in [1.165, 1.54) is 6.08 Å². The first-order valence-corrected chi connectivity index (χ1v) is 6.83. The zero-order valence-electron chi connectivity index (χ0n) is 11.8. The summed E-state index contributed by atoms with van der Waals surface area (Å²) in [6.07, 6.45) is 1.50. The van der Waals surface area contributed by atoms with Crippen molar-refractivity contribution in [2.24, 2.45) is 0 Å². The molecule has 2 aromatic rings. The first-order chi connectivity index (χ1) is 10.6. The summed E-state index contributed by atoms with van der Waals surface area (Å²) in [5.41, 5.74) is 1.23. The molecule has 1 N–H and O–H groups in total. The Labute approximate surface area is 133 Å². The lowest BCUT2D eigenvalue weighted by molar-refractivity contribution is -0.112. The number of rotatable bonds is 4. The standard InChI is InChI=1S/C17H13ClN2O2/c1-22-16-7-2-4-12(9-16)8-13(11-19)17(21)20-15-6-3-5-14(18)10-15/h2-10H,1H3,(H,20,21)/b13-8+. The molecule has 0 fully saturated rings. The highest BCUT2D eigenvalue weighted by Crippen LogP contribution is 2.18. The third kappa shape index (κ3) is 4.11. The number of hydrogen-bond donors (Lipinski definition) is 1. The van der Waals surface area contributed by atoms with Crippen molar-refractivity contribution in [1.29, 1.82) is 5.26 Å². The van der Waals surface area contributed by atoms with Gasteiger partial charge in [-0.1, -0.05) is 29.8 Å². The van der Waals surface area contributed by atoms with Crippen molar-refractivity contribution < 1.29 is 9.53 Å². The van der Waals surface area contributed by atoms with Gasteiger partial charge in [0.25, 0.3) is 5.91 Å². The summed E-state index contributed by atoms with van der Waals surface area (Å²) >= 11 is 5.86. The van der Waals surface area contributed by atoms with E-state index < -0.39 is 5.91 Å². The lowest BCUT2D eigenvalue weighted by Crippen LogP contribution is -2.13. The summed E-state index contributed by atoms with van der Waals surface area (Å²) in [5, 5.41) is 12.3. The molecule has 22 heavy (non-hydrogen) atoms. The molecule has 0 saturated carbocycles. The van der Waals surface area contributed by atoms with Gasteiger partial charge in [0.2, 0.25) is 0 Å². The van der Waals surface area contributed by atoms with Gasteiger partial charge in [-0.25, -0.2) is 0 Å². The molecule has 2 rings (SSSR count). The maximum absolute atomic E-state index is 12.1. The number of carbonyl (C=O) groups is 1. The third-order valence-electron chi connectivity index (χ3n) is 2.85. The van der Waals surface area contributed by atoms with Gasteiger partial charge in [-0.15, -0.1) is 0 Å². The Morgan fingerprint density at radius 1 is 1.27 bits per heavy atom. The minimum Gasteiger partial charge on any atom is -0.497 e. The fourth-order valence-corrected chi connectivity index (χ4v) is 2.00. The first-order valence-electron chi connectivity index (χ1n) is 6.45. The second kappa shape index (κ2) is 7.30. The monoisotopic (exact) mass is 312 g/mol. The van der Waals surface area contributed by atoms with Crippen LogP contribution in [0.25, 0.3) is 6.08 Å². The minimum absolute atomic E-state index is 0.00627. The molecule has 5 heteroatoms. The largest absolute Gasteiger partial charge is 0.497 e. The summed E-state index contributed by atoms with van der Waals surface area (Å²) in [6.45, 7) is 0. The Bertz CT molecular complexity index is 763. The van der Waals surface area contributed by atoms with Gasteiger partial charge < -0.3 is 10.1 Å². The number of ether oxygens (including phenoxy) is 1. The fraction of sp³-hybridized carbons (Fsp3) is 0.0588. The maximum Gasteiger partial charge on any atom is 0.266 e. The van der Waals surface area contributed by atoms with Gasteiger partial charge >= 0.3 is 0 Å². The van der Waals surface area contributed by atoms with Gasteiger partial charge in [0, 0.05) is 10.7 Å². The van der Waals surface area contributed by atoms with Gasteiger partial charge in [0.15, 0.2) is 0 Å². The molecule has 0 radical (unpaired) electrons. The lowest BCUT2D eigenvalue weighted by atomic mass is 10.1. The minimum atomic E-state index is -0.493. The van der Waals surface area contributed by atoms with Crippen LogP contribution in [-0.2, 0) is 4.79 Å². The van der Waals surface area contributed by atoms with Crippen molar-refractivity contribution in [3.05, 3.63) is 64.7 Å². The molecule has 1 amide bonds. The summed E-state index contributed by atoms with van der Waals surface area (Å²) in [4.78, 5) is 12.1. The van der Waals surface area contributed by atoms with E-state index in [0.717, 1.165) is 0 Å². The van der Waals surface area contributed by atoms with Crippen LogP contribution in [-0.4, -0.2) is 13.0 Å². The number of hydrogen-bond acceptors (Lipinski definition) is 3. The number of methoxy groups -OCH3 is 1. The zero-order valence-corrected chi connectivity index (χ0v) is 12.6. The Kier molecular flexibility index (Phi) is 5.18. The van der Waals surface area contributed by atoms with E-state index in [1.807, 2.05) is 6.07 Å². The quantitative estimate of drug-likeness (QED) is 0.688. The molecule has 0 aliphatic heterocycles. The van der Waals surface area contributed by atoms with E-state index in [1.54, 1.807) is 55.6 Å². The number of carbonyl (C=O) groups excluding carboxylic acids is 1. The molecule has 4 nitrogen and oxygen atoms in total. The van der Waals surface area contributed by atoms with Crippen molar-refractivity contribution in [2.45, 2.75) is 0 Å². The molecule has 110 valence electrons. The summed E-state index contributed by atoms with van der Waals surface area (Å²) < 4.78 is 5.11. The molecule has 0 unspecified atom stereocenters. The van der Waals surface area contributed by atoms with Crippen molar-refractivity contribution >= 4 is 29.3 Å². The summed E-state index contributed by atoms with van der Waals surface area (Å²) in [7, 11) is 1.56. The van der Waals surface area contributed by atoms with E-state index >= 15 is 0 Å². The highest BCUT2D eigenvalue weighted by molar-refractivity contribution is 6.31. The second-order valence-electron chi connectivity index (χ2n) is 4.41. The number of halogens is 1. The number of nitrogens with one attached hydrogen (secondary N) is 1. The van der Waals surface area contributed by atoms with Crippen LogP contribution in [0.4, 0.5) is 5.69 Å². The molecule has 0 aromatic heterocycles. The smallest absolute Gasteiger partial charge is 0.266 e. The molecule has 2 aromatic carbocycles. The van der Waals surface area contributed by atoms with E-state index in [0.29, 0.717) is 22.0 Å². The van der Waals surface area contributed by atoms with Crippen LogP contribution in [0.1, 0.15) is 5.56 Å². The van der Waals surface area contributed by atoms with Gasteiger partial charge in [-0.3, -0.25) is 4.79 Å². The van der Waals surface area contributed by atoms with Gasteiger partial charge in [0.05, 0.1) is 7.11 Å². The van der Waals surface area contributed by atoms with Crippen LogP contribution >= 0.6 is 11.6 Å². The number of anilines is 1. The van der Waals surface area contributed by atoms with Gasteiger partial charge in [-0.2, -0.15) is 5.26 Å². The molecule has 0 spiro atoms. The van der Waals surface area contributed by atoms with Crippen LogP contribution in [0.3, 0.4) is 0 Å². The molecule has 0 atom stereocenters. The molecule has 0 bridgehead atoms. The van der Waals surface area contributed by atoms with Crippen molar-refractivity contribution in [1.82, 2.24) is 0 Å². The molecule has 0 aliphatic carbocycles. The number of nitriles is 1. The maximum atomic E-state index is 12.1. The van der Waals surface area contributed by atoms with Crippen molar-refractivity contribution in [2.75, 3.05) is 12.4 Å². The molecule has 0 saturated heterocycles. The zero-order chi connectivity index (χ0) is 15.9. The number of nitrogens with zero attached hydrogens (tertiary/aromatic N) is 1. The van der Waals surface area contributed by atoms with E-state index in [-0.39, 0.29) is 5.57 Å². The van der Waals surface area contributed by atoms with Crippen LogP contribution in [0.15, 0.2) is 54.1 Å². The summed E-state index contributed by atoms with van der Waals surface area (Å²) in [5.74, 6) is 0.161. The Morgan fingerprint density at radius 2 is 2.05 bits per heavy atom. The van der Waals surface area contributed by atoms with Crippen LogP contribution in [0.2, 0.25) is 5.02 Å².